The summed E-state index contributed by atoms with van der Waals surface area (Å²) in [5.41, 5.74) is 1.76. The molecule has 25 heavy (non-hydrogen) atoms. The summed E-state index contributed by atoms with van der Waals surface area (Å²) >= 11 is 0. The normalized spacial score (nSPS) is 15.2. The van der Waals surface area contributed by atoms with Crippen LogP contribution in [0.15, 0.2) is 24.7 Å². The predicted molar refractivity (Wildman–Crippen MR) is 96.3 cm³/mol. The molecule has 0 aliphatic carbocycles. The van der Waals surface area contributed by atoms with Crippen molar-refractivity contribution in [2.24, 2.45) is 0 Å². The van der Waals surface area contributed by atoms with Crippen molar-refractivity contribution < 1.29 is 9.47 Å². The molecule has 1 saturated heterocycles. The second-order valence-electron chi connectivity index (χ2n) is 6.19. The zero-order valence-corrected chi connectivity index (χ0v) is 15.1. The molecule has 7 nitrogen and oxygen atoms in total. The van der Waals surface area contributed by atoms with E-state index in [-0.39, 0.29) is 0 Å². The Morgan fingerprint density at radius 1 is 1.20 bits per heavy atom. The fourth-order valence-electron chi connectivity index (χ4n) is 2.82. The van der Waals surface area contributed by atoms with E-state index in [1.807, 2.05) is 26.0 Å². The van der Waals surface area contributed by atoms with Crippen molar-refractivity contribution in [1.29, 1.82) is 0 Å². The Hall–Kier alpha value is -2.25. The van der Waals surface area contributed by atoms with Crippen LogP contribution in [0.25, 0.3) is 0 Å². The number of hydrogen-bond acceptors (Lipinski definition) is 7. The van der Waals surface area contributed by atoms with Crippen molar-refractivity contribution in [1.82, 2.24) is 19.9 Å². The Morgan fingerprint density at radius 2 is 2.00 bits per heavy atom. The van der Waals surface area contributed by atoms with Crippen molar-refractivity contribution in [2.75, 3.05) is 51.3 Å². The minimum Gasteiger partial charge on any atom is -0.437 e. The molecule has 7 heteroatoms. The van der Waals surface area contributed by atoms with Crippen LogP contribution < -0.4 is 9.64 Å². The highest BCUT2D eigenvalue weighted by molar-refractivity contribution is 5.50. The van der Waals surface area contributed by atoms with Crippen molar-refractivity contribution in [2.45, 2.75) is 13.8 Å². The highest BCUT2D eigenvalue weighted by atomic mass is 16.5. The lowest BCUT2D eigenvalue weighted by atomic mass is 10.3. The van der Waals surface area contributed by atoms with E-state index < -0.39 is 0 Å². The maximum atomic E-state index is 5.96. The monoisotopic (exact) mass is 343 g/mol. The number of likely N-dealkylation sites (N-methyl/N-ethyl adjacent to an activating group) is 1. The van der Waals surface area contributed by atoms with Crippen molar-refractivity contribution in [3.63, 3.8) is 0 Å². The molecule has 0 atom stereocenters. The number of anilines is 1. The third-order valence-electron chi connectivity index (χ3n) is 4.39. The third-order valence-corrected chi connectivity index (χ3v) is 4.39. The van der Waals surface area contributed by atoms with Crippen LogP contribution in [0.1, 0.15) is 11.3 Å². The minimum absolute atomic E-state index is 0.569. The summed E-state index contributed by atoms with van der Waals surface area (Å²) in [7, 11) is 2.05. The van der Waals surface area contributed by atoms with E-state index in [1.54, 1.807) is 12.5 Å². The van der Waals surface area contributed by atoms with E-state index >= 15 is 0 Å². The molecule has 3 heterocycles. The molecular formula is C18H25N5O2. The standard InChI is InChI=1S/C18H25N5O2/c1-14-17(22(3)7-8-23-9-11-24-12-10-23)20-13-21-18(14)25-16-5-4-6-19-15(16)2/h4-6,13H,7-12H2,1-3H3. The van der Waals surface area contributed by atoms with Gasteiger partial charge in [-0.05, 0) is 26.0 Å². The highest BCUT2D eigenvalue weighted by Gasteiger charge is 2.16. The molecule has 0 spiro atoms. The van der Waals surface area contributed by atoms with Crippen molar-refractivity contribution >= 4 is 5.82 Å². The van der Waals surface area contributed by atoms with Crippen LogP contribution in [-0.2, 0) is 4.74 Å². The molecule has 2 aromatic heterocycles. The van der Waals surface area contributed by atoms with E-state index in [4.69, 9.17) is 9.47 Å². The van der Waals surface area contributed by atoms with Gasteiger partial charge in [-0.3, -0.25) is 9.88 Å². The predicted octanol–water partition coefficient (Wildman–Crippen LogP) is 2.05. The molecule has 0 radical (unpaired) electrons. The first kappa shape index (κ1) is 17.6. The third kappa shape index (κ3) is 4.43. The molecule has 1 aliphatic heterocycles. The van der Waals surface area contributed by atoms with E-state index in [1.165, 1.54) is 0 Å². The Balaban J connectivity index is 1.68. The van der Waals surface area contributed by atoms with Gasteiger partial charge in [0.1, 0.15) is 12.1 Å². The molecule has 0 unspecified atom stereocenters. The maximum absolute atomic E-state index is 5.96. The van der Waals surface area contributed by atoms with E-state index in [2.05, 4.69) is 31.8 Å². The van der Waals surface area contributed by atoms with E-state index in [0.717, 1.165) is 56.5 Å². The topological polar surface area (TPSA) is 63.6 Å². The van der Waals surface area contributed by atoms with Gasteiger partial charge in [-0.1, -0.05) is 0 Å². The molecule has 0 amide bonds. The van der Waals surface area contributed by atoms with Crippen LogP contribution in [0, 0.1) is 13.8 Å². The minimum atomic E-state index is 0.569. The first-order chi connectivity index (χ1) is 12.1. The Labute approximate surface area is 148 Å². The number of ether oxygens (including phenoxy) is 2. The average Bonchev–Trinajstić information content (AvgIpc) is 2.64. The van der Waals surface area contributed by atoms with E-state index in [9.17, 15) is 0 Å². The first-order valence-electron chi connectivity index (χ1n) is 8.57. The van der Waals surface area contributed by atoms with Crippen LogP contribution in [-0.4, -0.2) is 66.3 Å². The van der Waals surface area contributed by atoms with Gasteiger partial charge in [0.2, 0.25) is 5.88 Å². The molecule has 134 valence electrons. The number of pyridine rings is 1. The molecule has 0 aromatic carbocycles. The van der Waals surface area contributed by atoms with Crippen LogP contribution in [0.2, 0.25) is 0 Å². The fourth-order valence-corrected chi connectivity index (χ4v) is 2.82. The van der Waals surface area contributed by atoms with Crippen LogP contribution in [0.3, 0.4) is 0 Å². The zero-order valence-electron chi connectivity index (χ0n) is 15.1. The zero-order chi connectivity index (χ0) is 17.6. The van der Waals surface area contributed by atoms with Gasteiger partial charge in [0.25, 0.3) is 0 Å². The summed E-state index contributed by atoms with van der Waals surface area (Å²) in [4.78, 5) is 17.5. The second kappa shape index (κ2) is 8.22. The van der Waals surface area contributed by atoms with Gasteiger partial charge in [0.15, 0.2) is 5.75 Å². The number of morpholine rings is 1. The maximum Gasteiger partial charge on any atom is 0.227 e. The number of aryl methyl sites for hydroxylation is 1. The summed E-state index contributed by atoms with van der Waals surface area (Å²) in [5, 5.41) is 0. The highest BCUT2D eigenvalue weighted by Crippen LogP contribution is 2.28. The average molecular weight is 343 g/mol. The lowest BCUT2D eigenvalue weighted by Gasteiger charge is -2.29. The molecule has 3 rings (SSSR count). The van der Waals surface area contributed by atoms with Gasteiger partial charge >= 0.3 is 0 Å². The summed E-state index contributed by atoms with van der Waals surface area (Å²) in [6, 6.07) is 3.75. The number of hydrogen-bond donors (Lipinski definition) is 0. The quantitative estimate of drug-likeness (QED) is 0.795. The summed E-state index contributed by atoms with van der Waals surface area (Å²) in [6.45, 7) is 9.40. The molecule has 0 saturated carbocycles. The smallest absolute Gasteiger partial charge is 0.227 e. The molecule has 0 N–H and O–H groups in total. The molecule has 2 aromatic rings. The Kier molecular flexibility index (Phi) is 5.78. The fraction of sp³-hybridized carbons (Fsp3) is 0.500. The SMILES string of the molecule is Cc1ncccc1Oc1ncnc(N(C)CCN2CCOCC2)c1C. The summed E-state index contributed by atoms with van der Waals surface area (Å²) < 4.78 is 11.4. The van der Waals surface area contributed by atoms with Gasteiger partial charge < -0.3 is 14.4 Å². The first-order valence-corrected chi connectivity index (χ1v) is 8.57. The Bertz CT molecular complexity index is 704. The van der Waals surface area contributed by atoms with Gasteiger partial charge in [0, 0.05) is 39.4 Å². The Morgan fingerprint density at radius 3 is 2.76 bits per heavy atom. The summed E-state index contributed by atoms with van der Waals surface area (Å²) in [6.07, 6.45) is 3.30. The molecule has 0 bridgehead atoms. The largest absolute Gasteiger partial charge is 0.437 e. The second-order valence-corrected chi connectivity index (χ2v) is 6.19. The van der Waals surface area contributed by atoms with Gasteiger partial charge in [0.05, 0.1) is 24.5 Å². The number of aromatic nitrogens is 3. The van der Waals surface area contributed by atoms with Crippen molar-refractivity contribution in [3.05, 3.63) is 35.9 Å². The van der Waals surface area contributed by atoms with Crippen LogP contribution in [0.4, 0.5) is 5.82 Å². The number of nitrogens with zero attached hydrogens (tertiary/aromatic N) is 5. The van der Waals surface area contributed by atoms with Gasteiger partial charge in [-0.25, -0.2) is 9.97 Å². The summed E-state index contributed by atoms with van der Waals surface area (Å²) in [5.74, 6) is 2.17. The lowest BCUT2D eigenvalue weighted by Crippen LogP contribution is -2.41. The number of rotatable bonds is 6. The molecule has 1 fully saturated rings. The molecular weight excluding hydrogens is 318 g/mol. The lowest BCUT2D eigenvalue weighted by molar-refractivity contribution is 0.0392. The van der Waals surface area contributed by atoms with Crippen molar-refractivity contribution in [3.8, 4) is 11.6 Å². The van der Waals surface area contributed by atoms with E-state index in [0.29, 0.717) is 11.6 Å². The van der Waals surface area contributed by atoms with Gasteiger partial charge in [-0.15, -0.1) is 0 Å². The molecule has 1 aliphatic rings. The van der Waals surface area contributed by atoms with Gasteiger partial charge in [-0.2, -0.15) is 0 Å². The van der Waals surface area contributed by atoms with Crippen LogP contribution >= 0.6 is 0 Å². The van der Waals surface area contributed by atoms with Crippen LogP contribution in [0.5, 0.6) is 11.6 Å².